The number of carbonyl (C=O) groups is 2. The summed E-state index contributed by atoms with van der Waals surface area (Å²) in [5.74, 6) is -1.27. The van der Waals surface area contributed by atoms with Crippen LogP contribution in [0, 0.1) is 0 Å². The number of aliphatic carboxylic acids is 1. The van der Waals surface area contributed by atoms with Gasteiger partial charge in [-0.2, -0.15) is 0 Å². The van der Waals surface area contributed by atoms with Crippen LogP contribution in [-0.2, 0) is 19.1 Å². The average molecular weight is 231 g/mol. The van der Waals surface area contributed by atoms with Gasteiger partial charge in [0.1, 0.15) is 6.10 Å². The quantitative estimate of drug-likeness (QED) is 0.617. The van der Waals surface area contributed by atoms with E-state index in [1.807, 2.05) is 6.92 Å². The molecule has 1 rings (SSSR count). The number of nitrogens with one attached hydrogen (secondary N) is 1. The van der Waals surface area contributed by atoms with Crippen LogP contribution < -0.4 is 5.32 Å². The van der Waals surface area contributed by atoms with E-state index < -0.39 is 18.2 Å². The summed E-state index contributed by atoms with van der Waals surface area (Å²) < 4.78 is 10.1. The topological polar surface area (TPSA) is 84.9 Å². The van der Waals surface area contributed by atoms with E-state index in [1.54, 1.807) is 0 Å². The Morgan fingerprint density at radius 1 is 1.44 bits per heavy atom. The Morgan fingerprint density at radius 3 is 2.69 bits per heavy atom. The fraction of sp³-hybridized carbons (Fsp3) is 0.800. The van der Waals surface area contributed by atoms with Gasteiger partial charge in [-0.3, -0.25) is 4.79 Å². The molecule has 0 aromatic carbocycles. The molecule has 2 atom stereocenters. The second kappa shape index (κ2) is 6.44. The minimum atomic E-state index is -1.01. The maximum Gasteiger partial charge on any atom is 0.332 e. The van der Waals surface area contributed by atoms with Crippen LogP contribution in [0.5, 0.6) is 0 Å². The molecular formula is C10H17NO5. The van der Waals surface area contributed by atoms with E-state index in [0.717, 1.165) is 0 Å². The molecule has 6 nitrogen and oxygen atoms in total. The monoisotopic (exact) mass is 231 g/mol. The lowest BCUT2D eigenvalue weighted by Gasteiger charge is -2.11. The van der Waals surface area contributed by atoms with E-state index in [9.17, 15) is 9.59 Å². The molecule has 92 valence electrons. The summed E-state index contributed by atoms with van der Waals surface area (Å²) in [5, 5.41) is 11.3. The molecule has 6 heteroatoms. The lowest BCUT2D eigenvalue weighted by atomic mass is 10.2. The van der Waals surface area contributed by atoms with Crippen molar-refractivity contribution in [2.45, 2.75) is 32.0 Å². The average Bonchev–Trinajstić information content (AvgIpc) is 2.73. The molecule has 1 heterocycles. The first kappa shape index (κ1) is 12.9. The van der Waals surface area contributed by atoms with Crippen molar-refractivity contribution in [1.29, 1.82) is 0 Å². The highest BCUT2D eigenvalue weighted by atomic mass is 16.5. The highest BCUT2D eigenvalue weighted by Crippen LogP contribution is 2.19. The van der Waals surface area contributed by atoms with Crippen LogP contribution in [0.1, 0.15) is 19.8 Å². The minimum absolute atomic E-state index is 0.261. The molecule has 1 aliphatic heterocycles. The van der Waals surface area contributed by atoms with Gasteiger partial charge in [0, 0.05) is 13.2 Å². The number of carboxylic acid groups (broad SMARTS) is 1. The van der Waals surface area contributed by atoms with Gasteiger partial charge in [-0.1, -0.05) is 0 Å². The molecule has 0 unspecified atom stereocenters. The summed E-state index contributed by atoms with van der Waals surface area (Å²) in [6.45, 7) is 3.36. The molecule has 1 fully saturated rings. The van der Waals surface area contributed by atoms with Crippen LogP contribution >= 0.6 is 0 Å². The van der Waals surface area contributed by atoms with Crippen LogP contribution in [0.3, 0.4) is 0 Å². The van der Waals surface area contributed by atoms with Gasteiger partial charge < -0.3 is 19.9 Å². The van der Waals surface area contributed by atoms with E-state index in [0.29, 0.717) is 32.6 Å². The number of ether oxygens (including phenoxy) is 2. The minimum Gasteiger partial charge on any atom is -0.479 e. The second-order valence-corrected chi connectivity index (χ2v) is 3.52. The van der Waals surface area contributed by atoms with Crippen molar-refractivity contribution in [1.82, 2.24) is 5.32 Å². The molecule has 1 saturated heterocycles. The fourth-order valence-corrected chi connectivity index (χ4v) is 1.52. The molecule has 1 amide bonds. The van der Waals surface area contributed by atoms with Gasteiger partial charge in [0.25, 0.3) is 0 Å². The van der Waals surface area contributed by atoms with Gasteiger partial charge >= 0.3 is 5.97 Å². The standard InChI is InChI=1S/C10H17NO5/c1-2-15-6-5-11-9(12)7-3-4-8(16-7)10(13)14/h7-8H,2-6H2,1H3,(H,11,12)(H,13,14)/t7-,8+/m0/s1. The Kier molecular flexibility index (Phi) is 5.21. The molecule has 0 aromatic heterocycles. The van der Waals surface area contributed by atoms with Crippen LogP contribution in [0.2, 0.25) is 0 Å². The van der Waals surface area contributed by atoms with Crippen molar-refractivity contribution in [3.63, 3.8) is 0 Å². The smallest absolute Gasteiger partial charge is 0.332 e. The summed E-state index contributed by atoms with van der Waals surface area (Å²) in [7, 11) is 0. The number of carboxylic acids is 1. The van der Waals surface area contributed by atoms with Crippen molar-refractivity contribution in [2.24, 2.45) is 0 Å². The van der Waals surface area contributed by atoms with Gasteiger partial charge in [-0.15, -0.1) is 0 Å². The number of hydrogen-bond acceptors (Lipinski definition) is 4. The lowest BCUT2D eigenvalue weighted by Crippen LogP contribution is -2.37. The number of carbonyl (C=O) groups excluding carboxylic acids is 1. The first-order valence-corrected chi connectivity index (χ1v) is 5.39. The lowest BCUT2D eigenvalue weighted by molar-refractivity contribution is -0.151. The molecule has 1 aliphatic rings. The SMILES string of the molecule is CCOCCNC(=O)[C@@H]1CC[C@H](C(=O)O)O1. The van der Waals surface area contributed by atoms with E-state index in [1.165, 1.54) is 0 Å². The molecule has 0 saturated carbocycles. The highest BCUT2D eigenvalue weighted by Gasteiger charge is 2.34. The summed E-state index contributed by atoms with van der Waals surface area (Å²) in [6.07, 6.45) is -0.638. The first-order chi connectivity index (χ1) is 7.65. The summed E-state index contributed by atoms with van der Waals surface area (Å²) in [4.78, 5) is 22.1. The molecule has 0 aliphatic carbocycles. The number of hydrogen-bond donors (Lipinski definition) is 2. The third-order valence-electron chi connectivity index (χ3n) is 2.34. The molecule has 0 spiro atoms. The Bertz CT molecular complexity index is 256. The third-order valence-corrected chi connectivity index (χ3v) is 2.34. The van der Waals surface area contributed by atoms with Gasteiger partial charge in [-0.05, 0) is 19.8 Å². The number of amides is 1. The molecule has 0 radical (unpaired) electrons. The van der Waals surface area contributed by atoms with Crippen molar-refractivity contribution in [3.05, 3.63) is 0 Å². The molecule has 0 bridgehead atoms. The molecular weight excluding hydrogens is 214 g/mol. The Balaban J connectivity index is 2.20. The van der Waals surface area contributed by atoms with Crippen molar-refractivity contribution in [3.8, 4) is 0 Å². The predicted molar refractivity (Wildman–Crippen MR) is 55.0 cm³/mol. The second-order valence-electron chi connectivity index (χ2n) is 3.52. The summed E-state index contributed by atoms with van der Waals surface area (Å²) in [5.41, 5.74) is 0. The van der Waals surface area contributed by atoms with Crippen LogP contribution in [-0.4, -0.2) is 48.9 Å². The van der Waals surface area contributed by atoms with E-state index >= 15 is 0 Å². The Morgan fingerprint density at radius 2 is 2.12 bits per heavy atom. The first-order valence-electron chi connectivity index (χ1n) is 5.39. The Hall–Kier alpha value is -1.14. The van der Waals surface area contributed by atoms with E-state index in [-0.39, 0.29) is 5.91 Å². The molecule has 0 aromatic rings. The summed E-state index contributed by atoms with van der Waals surface area (Å²) >= 11 is 0. The third kappa shape index (κ3) is 3.79. The molecule has 16 heavy (non-hydrogen) atoms. The van der Waals surface area contributed by atoms with Gasteiger partial charge in [-0.25, -0.2) is 4.79 Å². The van der Waals surface area contributed by atoms with E-state index in [4.69, 9.17) is 14.6 Å². The van der Waals surface area contributed by atoms with Crippen LogP contribution in [0.15, 0.2) is 0 Å². The maximum atomic E-state index is 11.5. The highest BCUT2D eigenvalue weighted by molar-refractivity contribution is 5.82. The molecule has 2 N–H and O–H groups in total. The summed E-state index contributed by atoms with van der Waals surface area (Å²) in [6, 6.07) is 0. The van der Waals surface area contributed by atoms with Crippen LogP contribution in [0.25, 0.3) is 0 Å². The maximum absolute atomic E-state index is 11.5. The van der Waals surface area contributed by atoms with E-state index in [2.05, 4.69) is 5.32 Å². The number of rotatable bonds is 6. The largest absolute Gasteiger partial charge is 0.479 e. The zero-order valence-electron chi connectivity index (χ0n) is 9.27. The zero-order chi connectivity index (χ0) is 12.0. The van der Waals surface area contributed by atoms with Crippen LogP contribution in [0.4, 0.5) is 0 Å². The Labute approximate surface area is 93.9 Å². The van der Waals surface area contributed by atoms with Gasteiger partial charge in [0.05, 0.1) is 6.61 Å². The van der Waals surface area contributed by atoms with Crippen molar-refractivity contribution in [2.75, 3.05) is 19.8 Å². The van der Waals surface area contributed by atoms with Crippen molar-refractivity contribution >= 4 is 11.9 Å². The van der Waals surface area contributed by atoms with Crippen molar-refractivity contribution < 1.29 is 24.2 Å². The fourth-order valence-electron chi connectivity index (χ4n) is 1.52. The predicted octanol–water partition coefficient (Wildman–Crippen LogP) is -0.229. The normalized spacial score (nSPS) is 24.3. The zero-order valence-corrected chi connectivity index (χ0v) is 9.27. The van der Waals surface area contributed by atoms with Gasteiger partial charge in [0.15, 0.2) is 6.10 Å². The van der Waals surface area contributed by atoms with Gasteiger partial charge in [0.2, 0.25) is 5.91 Å².